The van der Waals surface area contributed by atoms with Crippen LogP contribution in [0.4, 0.5) is 0 Å². The molecule has 1 amide bonds. The van der Waals surface area contributed by atoms with Crippen LogP contribution in [0.2, 0.25) is 0 Å². The van der Waals surface area contributed by atoms with Crippen LogP contribution in [0.1, 0.15) is 33.1 Å². The van der Waals surface area contributed by atoms with Gasteiger partial charge in [0.2, 0.25) is 5.91 Å². The average molecular weight is 397 g/mol. The van der Waals surface area contributed by atoms with E-state index in [1.165, 1.54) is 14.2 Å². The van der Waals surface area contributed by atoms with Crippen molar-refractivity contribution in [1.82, 2.24) is 4.90 Å². The Morgan fingerprint density at radius 2 is 1.59 bits per heavy atom. The van der Waals surface area contributed by atoms with Gasteiger partial charge in [0.15, 0.2) is 28.8 Å². The van der Waals surface area contributed by atoms with Crippen molar-refractivity contribution in [1.29, 1.82) is 0 Å². The Labute approximate surface area is 169 Å². The second kappa shape index (κ2) is 7.31. The summed E-state index contributed by atoms with van der Waals surface area (Å²) in [7, 11) is 6.18. The summed E-state index contributed by atoms with van der Waals surface area (Å²) in [5.74, 6) is 1.86. The van der Waals surface area contributed by atoms with Gasteiger partial charge in [0, 0.05) is 17.7 Å². The summed E-state index contributed by atoms with van der Waals surface area (Å²) in [6.45, 7) is 0.450. The lowest BCUT2D eigenvalue weighted by Crippen LogP contribution is -2.43. The molecule has 0 aromatic heterocycles. The third-order valence-corrected chi connectivity index (χ3v) is 5.68. The number of ketones is 1. The zero-order chi connectivity index (χ0) is 20.7. The number of carbonyl (C=O) groups excluding carboxylic acids is 2. The van der Waals surface area contributed by atoms with Gasteiger partial charge in [0.05, 0.1) is 34.9 Å². The van der Waals surface area contributed by atoms with E-state index in [2.05, 4.69) is 0 Å². The second-order valence-corrected chi connectivity index (χ2v) is 7.01. The Balaban J connectivity index is 1.89. The van der Waals surface area contributed by atoms with Crippen LogP contribution in [0.5, 0.6) is 23.0 Å². The minimum atomic E-state index is -0.703. The first-order valence-electron chi connectivity index (χ1n) is 9.36. The fourth-order valence-corrected chi connectivity index (χ4v) is 4.29. The van der Waals surface area contributed by atoms with Crippen molar-refractivity contribution >= 4 is 11.7 Å². The molecule has 29 heavy (non-hydrogen) atoms. The third-order valence-electron chi connectivity index (χ3n) is 5.68. The normalized spacial score (nSPS) is 17.7. The van der Waals surface area contributed by atoms with E-state index in [1.807, 2.05) is 12.1 Å². The largest absolute Gasteiger partial charge is 0.493 e. The number of benzene rings is 2. The Hall–Kier alpha value is -3.22. The molecular formula is C22H23NO6. The van der Waals surface area contributed by atoms with Crippen molar-refractivity contribution in [2.75, 3.05) is 35.0 Å². The molecule has 0 spiro atoms. The molecule has 2 aliphatic rings. The zero-order valence-electron chi connectivity index (χ0n) is 16.9. The SMILES string of the molecule is COc1cc2c(cc1OC)C(=O)[C@H]1c3ccc(OC)c(OC)c3CC(=O)N1CC2. The lowest BCUT2D eigenvalue weighted by molar-refractivity contribution is -0.133. The molecule has 7 nitrogen and oxygen atoms in total. The molecule has 152 valence electrons. The Kier molecular flexibility index (Phi) is 4.82. The highest BCUT2D eigenvalue weighted by Crippen LogP contribution is 2.44. The smallest absolute Gasteiger partial charge is 0.228 e. The minimum Gasteiger partial charge on any atom is -0.493 e. The van der Waals surface area contributed by atoms with Gasteiger partial charge in [-0.1, -0.05) is 6.07 Å². The number of methoxy groups -OCH3 is 4. The topological polar surface area (TPSA) is 74.3 Å². The molecule has 0 saturated carbocycles. The highest BCUT2D eigenvalue weighted by Gasteiger charge is 2.42. The first-order chi connectivity index (χ1) is 14.0. The third kappa shape index (κ3) is 2.88. The van der Waals surface area contributed by atoms with E-state index >= 15 is 0 Å². The second-order valence-electron chi connectivity index (χ2n) is 7.01. The van der Waals surface area contributed by atoms with Crippen LogP contribution in [0, 0.1) is 0 Å². The van der Waals surface area contributed by atoms with Gasteiger partial charge in [-0.05, 0) is 35.7 Å². The monoisotopic (exact) mass is 397 g/mol. The number of amides is 1. The van der Waals surface area contributed by atoms with Crippen LogP contribution in [0.25, 0.3) is 0 Å². The molecule has 2 aromatic rings. The van der Waals surface area contributed by atoms with Crippen molar-refractivity contribution in [2.24, 2.45) is 0 Å². The molecule has 2 aromatic carbocycles. The summed E-state index contributed by atoms with van der Waals surface area (Å²) in [5.41, 5.74) is 2.87. The van der Waals surface area contributed by atoms with Gasteiger partial charge in [-0.15, -0.1) is 0 Å². The summed E-state index contributed by atoms with van der Waals surface area (Å²) >= 11 is 0. The van der Waals surface area contributed by atoms with Gasteiger partial charge >= 0.3 is 0 Å². The maximum atomic E-state index is 13.6. The maximum Gasteiger partial charge on any atom is 0.228 e. The number of fused-ring (bicyclic) bond motifs is 4. The number of carbonyl (C=O) groups is 2. The van der Waals surface area contributed by atoms with Gasteiger partial charge in [-0.3, -0.25) is 9.59 Å². The molecule has 2 heterocycles. The van der Waals surface area contributed by atoms with E-state index in [4.69, 9.17) is 18.9 Å². The summed E-state index contributed by atoms with van der Waals surface area (Å²) in [6.07, 6.45) is 0.731. The van der Waals surface area contributed by atoms with E-state index in [0.29, 0.717) is 47.1 Å². The van der Waals surface area contributed by atoms with Crippen LogP contribution in [0.15, 0.2) is 24.3 Å². The van der Waals surface area contributed by atoms with Crippen molar-refractivity contribution in [3.05, 3.63) is 46.5 Å². The molecular weight excluding hydrogens is 374 g/mol. The first-order valence-corrected chi connectivity index (χ1v) is 9.36. The lowest BCUT2D eigenvalue weighted by atomic mass is 9.86. The summed E-state index contributed by atoms with van der Waals surface area (Å²) in [6, 6.07) is 6.46. The standard InChI is InChI=1S/C22H23NO6/c1-26-16-6-5-13-15(22(16)29-4)11-19(24)23-8-7-12-9-17(27-2)18(28-3)10-14(12)21(25)20(13)23/h5-6,9-10,20H,7-8,11H2,1-4H3/t20-/m1/s1. The number of ether oxygens (including phenoxy) is 4. The Morgan fingerprint density at radius 1 is 0.897 bits per heavy atom. The van der Waals surface area contributed by atoms with E-state index < -0.39 is 6.04 Å². The van der Waals surface area contributed by atoms with Crippen LogP contribution < -0.4 is 18.9 Å². The predicted octanol–water partition coefficient (Wildman–Crippen LogP) is 2.59. The molecule has 2 aliphatic heterocycles. The summed E-state index contributed by atoms with van der Waals surface area (Å²) in [4.78, 5) is 28.3. The molecule has 0 aliphatic carbocycles. The molecule has 7 heteroatoms. The van der Waals surface area contributed by atoms with E-state index in [0.717, 1.165) is 11.1 Å². The van der Waals surface area contributed by atoms with E-state index in [9.17, 15) is 9.59 Å². The number of nitrogens with zero attached hydrogens (tertiary/aromatic N) is 1. The van der Waals surface area contributed by atoms with Crippen LogP contribution in [-0.4, -0.2) is 51.6 Å². The number of Topliss-reactive ketones (excluding diaryl/α,β-unsaturated/α-hetero) is 1. The molecule has 1 atom stereocenters. The fourth-order valence-electron chi connectivity index (χ4n) is 4.29. The number of rotatable bonds is 4. The summed E-state index contributed by atoms with van der Waals surface area (Å²) < 4.78 is 21.7. The predicted molar refractivity (Wildman–Crippen MR) is 105 cm³/mol. The Bertz CT molecular complexity index is 999. The van der Waals surface area contributed by atoms with Crippen molar-refractivity contribution in [3.63, 3.8) is 0 Å². The van der Waals surface area contributed by atoms with Gasteiger partial charge in [0.1, 0.15) is 6.04 Å². The van der Waals surface area contributed by atoms with Gasteiger partial charge in [-0.2, -0.15) is 0 Å². The Morgan fingerprint density at radius 3 is 2.24 bits per heavy atom. The van der Waals surface area contributed by atoms with Crippen LogP contribution in [-0.2, 0) is 17.6 Å². The number of hydrogen-bond donors (Lipinski definition) is 0. The highest BCUT2D eigenvalue weighted by atomic mass is 16.5. The minimum absolute atomic E-state index is 0.103. The zero-order valence-corrected chi connectivity index (χ0v) is 16.9. The molecule has 0 radical (unpaired) electrons. The van der Waals surface area contributed by atoms with Gasteiger partial charge in [0.25, 0.3) is 0 Å². The quantitative estimate of drug-likeness (QED) is 0.790. The molecule has 4 rings (SSSR count). The molecule has 0 bridgehead atoms. The summed E-state index contributed by atoms with van der Waals surface area (Å²) in [5, 5.41) is 0. The fraction of sp³-hybridized carbons (Fsp3) is 0.364. The average Bonchev–Trinajstić information content (AvgIpc) is 2.89. The van der Waals surface area contributed by atoms with Crippen molar-refractivity contribution in [2.45, 2.75) is 18.9 Å². The number of hydrogen-bond acceptors (Lipinski definition) is 6. The van der Waals surface area contributed by atoms with E-state index in [-0.39, 0.29) is 18.1 Å². The first kappa shape index (κ1) is 19.1. The van der Waals surface area contributed by atoms with Gasteiger partial charge in [-0.25, -0.2) is 0 Å². The van der Waals surface area contributed by atoms with E-state index in [1.54, 1.807) is 31.3 Å². The van der Waals surface area contributed by atoms with Crippen LogP contribution in [0.3, 0.4) is 0 Å². The molecule has 0 saturated heterocycles. The molecule has 0 unspecified atom stereocenters. The molecule has 0 fully saturated rings. The highest BCUT2D eigenvalue weighted by molar-refractivity contribution is 6.06. The molecule has 0 N–H and O–H groups in total. The maximum absolute atomic E-state index is 13.6. The van der Waals surface area contributed by atoms with Crippen molar-refractivity contribution in [3.8, 4) is 23.0 Å². The van der Waals surface area contributed by atoms with Crippen LogP contribution >= 0.6 is 0 Å². The van der Waals surface area contributed by atoms with Gasteiger partial charge < -0.3 is 23.8 Å². The van der Waals surface area contributed by atoms with Crippen molar-refractivity contribution < 1.29 is 28.5 Å². The lowest BCUT2D eigenvalue weighted by Gasteiger charge is -2.35.